The van der Waals surface area contributed by atoms with Gasteiger partial charge in [-0.05, 0) is 49.7 Å². The molecule has 9 heteroatoms. The van der Waals surface area contributed by atoms with E-state index in [0.29, 0.717) is 28.5 Å². The van der Waals surface area contributed by atoms with Gasteiger partial charge in [-0.25, -0.2) is 4.98 Å². The molecule has 3 rings (SSSR count). The fraction of sp³-hybridized carbons (Fsp3) is 0.150. The van der Waals surface area contributed by atoms with Gasteiger partial charge >= 0.3 is 0 Å². The van der Waals surface area contributed by atoms with E-state index < -0.39 is 11.5 Å². The Labute approximate surface area is 170 Å². The average molecular weight is 410 g/mol. The highest BCUT2D eigenvalue weighted by atomic mass is 32.1. The summed E-state index contributed by atoms with van der Waals surface area (Å²) in [5.41, 5.74) is 1.38. The highest BCUT2D eigenvalue weighted by molar-refractivity contribution is 7.14. The maximum absolute atomic E-state index is 12.1. The summed E-state index contributed by atoms with van der Waals surface area (Å²) in [6, 6.07) is 9.66. The molecule has 0 aliphatic rings. The van der Waals surface area contributed by atoms with Gasteiger partial charge in [0.05, 0.1) is 5.69 Å². The van der Waals surface area contributed by atoms with Crippen LogP contribution in [0, 0.1) is 0 Å². The van der Waals surface area contributed by atoms with E-state index in [1.807, 2.05) is 0 Å². The van der Waals surface area contributed by atoms with Crippen molar-refractivity contribution >= 4 is 39.8 Å². The first-order valence-electron chi connectivity index (χ1n) is 8.76. The number of aryl methyl sites for hydroxylation is 1. The third-order valence-electron chi connectivity index (χ3n) is 4.02. The summed E-state index contributed by atoms with van der Waals surface area (Å²) >= 11 is 1.22. The fourth-order valence-corrected chi connectivity index (χ4v) is 3.24. The standard InChI is InChI=1S/C20H18N4O4S/c1-12(25)13-4-6-14(7-5-13)22-17(26)9-8-15-11-29-20(23-15)24-19(28)16-3-2-10-21-18(16)27/h2-7,10-11H,8-9H2,1H3,(H,21,27)(H,22,26)(H,23,24,28). The Balaban J connectivity index is 1.51. The number of aromatic nitrogens is 2. The number of amides is 2. The van der Waals surface area contributed by atoms with Crippen LogP contribution in [0.1, 0.15) is 39.8 Å². The Morgan fingerprint density at radius 1 is 1.10 bits per heavy atom. The topological polar surface area (TPSA) is 121 Å². The van der Waals surface area contributed by atoms with Crippen molar-refractivity contribution in [3.8, 4) is 0 Å². The molecule has 29 heavy (non-hydrogen) atoms. The van der Waals surface area contributed by atoms with Crippen molar-refractivity contribution in [1.29, 1.82) is 0 Å². The van der Waals surface area contributed by atoms with E-state index in [1.54, 1.807) is 35.7 Å². The monoisotopic (exact) mass is 410 g/mol. The second kappa shape index (κ2) is 9.07. The molecule has 0 atom stereocenters. The van der Waals surface area contributed by atoms with Gasteiger partial charge in [0.2, 0.25) is 5.91 Å². The third kappa shape index (κ3) is 5.45. The van der Waals surface area contributed by atoms with Crippen molar-refractivity contribution in [2.24, 2.45) is 0 Å². The van der Waals surface area contributed by atoms with Crippen LogP contribution in [0.5, 0.6) is 0 Å². The quantitative estimate of drug-likeness (QED) is 0.517. The second-order valence-corrected chi connectivity index (χ2v) is 7.05. The van der Waals surface area contributed by atoms with Crippen LogP contribution in [0.15, 0.2) is 52.8 Å². The molecule has 148 valence electrons. The number of carbonyl (C=O) groups is 3. The number of carbonyl (C=O) groups excluding carboxylic acids is 3. The Hall–Kier alpha value is -3.59. The normalized spacial score (nSPS) is 10.4. The Morgan fingerprint density at radius 3 is 2.55 bits per heavy atom. The lowest BCUT2D eigenvalue weighted by atomic mass is 10.1. The zero-order chi connectivity index (χ0) is 20.8. The smallest absolute Gasteiger partial charge is 0.263 e. The van der Waals surface area contributed by atoms with Crippen molar-refractivity contribution in [3.05, 3.63) is 75.1 Å². The molecule has 2 heterocycles. The SMILES string of the molecule is CC(=O)c1ccc(NC(=O)CCc2csc(NC(=O)c3ccc[nH]c3=O)n2)cc1. The first-order chi connectivity index (χ1) is 13.9. The lowest BCUT2D eigenvalue weighted by Gasteiger charge is -2.05. The molecular formula is C20H18N4O4S. The van der Waals surface area contributed by atoms with E-state index in [-0.39, 0.29) is 23.7 Å². The van der Waals surface area contributed by atoms with Crippen molar-refractivity contribution in [2.45, 2.75) is 19.8 Å². The molecule has 0 aliphatic heterocycles. The molecule has 2 aromatic heterocycles. The van der Waals surface area contributed by atoms with Crippen molar-refractivity contribution in [3.63, 3.8) is 0 Å². The van der Waals surface area contributed by atoms with Gasteiger partial charge in [-0.1, -0.05) is 0 Å². The van der Waals surface area contributed by atoms with Crippen LogP contribution in [0.3, 0.4) is 0 Å². The van der Waals surface area contributed by atoms with Gasteiger partial charge in [-0.3, -0.25) is 24.5 Å². The first-order valence-corrected chi connectivity index (χ1v) is 9.64. The summed E-state index contributed by atoms with van der Waals surface area (Å²) in [4.78, 5) is 53.9. The maximum Gasteiger partial charge on any atom is 0.263 e. The van der Waals surface area contributed by atoms with Crippen LogP contribution in [0.2, 0.25) is 0 Å². The second-order valence-electron chi connectivity index (χ2n) is 6.19. The minimum absolute atomic E-state index is 0.000538. The molecule has 8 nitrogen and oxygen atoms in total. The molecule has 0 saturated heterocycles. The summed E-state index contributed by atoms with van der Waals surface area (Å²) in [6.45, 7) is 1.48. The predicted molar refractivity (Wildman–Crippen MR) is 111 cm³/mol. The van der Waals surface area contributed by atoms with Crippen molar-refractivity contribution in [2.75, 3.05) is 10.6 Å². The van der Waals surface area contributed by atoms with E-state index in [1.165, 1.54) is 30.5 Å². The number of ketones is 1. The number of nitrogens with one attached hydrogen (secondary N) is 3. The number of hydrogen-bond acceptors (Lipinski definition) is 6. The molecule has 0 unspecified atom stereocenters. The minimum atomic E-state index is -0.542. The average Bonchev–Trinajstić information content (AvgIpc) is 3.14. The lowest BCUT2D eigenvalue weighted by Crippen LogP contribution is -2.22. The first kappa shape index (κ1) is 20.2. The molecule has 3 N–H and O–H groups in total. The van der Waals surface area contributed by atoms with Crippen LogP contribution < -0.4 is 16.2 Å². The molecule has 0 aliphatic carbocycles. The van der Waals surface area contributed by atoms with Gasteiger partial charge in [-0.15, -0.1) is 11.3 Å². The molecule has 0 saturated carbocycles. The summed E-state index contributed by atoms with van der Waals surface area (Å²) in [7, 11) is 0. The van der Waals surface area contributed by atoms with Gasteiger partial charge in [0.15, 0.2) is 10.9 Å². The number of aromatic amines is 1. The molecule has 0 bridgehead atoms. The van der Waals surface area contributed by atoms with Crippen LogP contribution in [-0.4, -0.2) is 27.6 Å². The van der Waals surface area contributed by atoms with E-state index in [4.69, 9.17) is 0 Å². The Kier molecular flexibility index (Phi) is 6.30. The number of thiazole rings is 1. The van der Waals surface area contributed by atoms with Crippen molar-refractivity contribution < 1.29 is 14.4 Å². The molecular weight excluding hydrogens is 392 g/mol. The number of hydrogen-bond donors (Lipinski definition) is 3. The number of rotatable bonds is 7. The van der Waals surface area contributed by atoms with Gasteiger partial charge in [-0.2, -0.15) is 0 Å². The third-order valence-corrected chi connectivity index (χ3v) is 4.82. The number of benzene rings is 1. The van der Waals surface area contributed by atoms with Crippen LogP contribution >= 0.6 is 11.3 Å². The van der Waals surface area contributed by atoms with Gasteiger partial charge in [0, 0.05) is 29.2 Å². The van der Waals surface area contributed by atoms with Crippen LogP contribution in [0.4, 0.5) is 10.8 Å². The molecule has 0 fully saturated rings. The summed E-state index contributed by atoms with van der Waals surface area (Å²) in [5, 5.41) is 7.45. The molecule has 2 amide bonds. The number of pyridine rings is 1. The predicted octanol–water partition coefficient (Wildman–Crippen LogP) is 2.86. The number of nitrogens with zero attached hydrogens (tertiary/aromatic N) is 1. The number of Topliss-reactive ketones (excluding diaryl/α,β-unsaturated/α-hetero) is 1. The zero-order valence-electron chi connectivity index (χ0n) is 15.5. The van der Waals surface area contributed by atoms with E-state index >= 15 is 0 Å². The van der Waals surface area contributed by atoms with Crippen LogP contribution in [-0.2, 0) is 11.2 Å². The fourth-order valence-electron chi connectivity index (χ4n) is 2.50. The van der Waals surface area contributed by atoms with Gasteiger partial charge in [0.1, 0.15) is 5.56 Å². The largest absolute Gasteiger partial charge is 0.328 e. The van der Waals surface area contributed by atoms with Gasteiger partial charge in [0.25, 0.3) is 11.5 Å². The van der Waals surface area contributed by atoms with Crippen LogP contribution in [0.25, 0.3) is 0 Å². The van der Waals surface area contributed by atoms with Gasteiger partial charge < -0.3 is 10.3 Å². The Morgan fingerprint density at radius 2 is 1.86 bits per heavy atom. The van der Waals surface area contributed by atoms with E-state index in [0.717, 1.165) is 0 Å². The van der Waals surface area contributed by atoms with E-state index in [9.17, 15) is 19.2 Å². The summed E-state index contributed by atoms with van der Waals surface area (Å²) in [5.74, 6) is -0.763. The highest BCUT2D eigenvalue weighted by Gasteiger charge is 2.13. The molecule has 1 aromatic carbocycles. The van der Waals surface area contributed by atoms with E-state index in [2.05, 4.69) is 20.6 Å². The summed E-state index contributed by atoms with van der Waals surface area (Å²) < 4.78 is 0. The highest BCUT2D eigenvalue weighted by Crippen LogP contribution is 2.17. The maximum atomic E-state index is 12.1. The molecule has 3 aromatic rings. The molecule has 0 spiro atoms. The number of H-pyrrole nitrogens is 1. The Bertz CT molecular complexity index is 1100. The van der Waals surface area contributed by atoms with Crippen molar-refractivity contribution in [1.82, 2.24) is 9.97 Å². The minimum Gasteiger partial charge on any atom is -0.328 e. The summed E-state index contributed by atoms with van der Waals surface area (Å²) in [6.07, 6.45) is 2.06. The molecule has 0 radical (unpaired) electrons. The zero-order valence-corrected chi connectivity index (χ0v) is 16.3. The lowest BCUT2D eigenvalue weighted by molar-refractivity contribution is -0.116. The number of anilines is 2.